The van der Waals surface area contributed by atoms with Gasteiger partial charge < -0.3 is 15.2 Å². The van der Waals surface area contributed by atoms with E-state index in [1.54, 1.807) is 0 Å². The molecule has 1 amide bonds. The number of aromatic hydroxyl groups is 1. The van der Waals surface area contributed by atoms with Crippen LogP contribution in [0, 0.1) is 0 Å². The highest BCUT2D eigenvalue weighted by Gasteiger charge is 2.25. The fourth-order valence-electron chi connectivity index (χ4n) is 3.39. The first-order valence-corrected chi connectivity index (χ1v) is 8.71. The van der Waals surface area contributed by atoms with Crippen LogP contribution in [0.3, 0.4) is 0 Å². The van der Waals surface area contributed by atoms with E-state index in [1.165, 1.54) is 19.3 Å². The lowest BCUT2D eigenvalue weighted by Crippen LogP contribution is -2.29. The molecular weight excluding hydrogens is 292 g/mol. The number of hydrogen-bond acceptors (Lipinski definition) is 4. The maximum absolute atomic E-state index is 11.7. The van der Waals surface area contributed by atoms with Crippen molar-refractivity contribution in [2.75, 3.05) is 25.0 Å². The second-order valence-electron chi connectivity index (χ2n) is 6.47. The summed E-state index contributed by atoms with van der Waals surface area (Å²) in [6, 6.07) is 1.91. The Morgan fingerprint density at radius 2 is 2.04 bits per heavy atom. The number of carbonyl (C=O) groups excluding carboxylic acids is 1. The van der Waals surface area contributed by atoms with Crippen molar-refractivity contribution >= 4 is 11.6 Å². The number of phenols is 1. The number of benzene rings is 1. The Morgan fingerprint density at radius 3 is 2.78 bits per heavy atom. The van der Waals surface area contributed by atoms with Gasteiger partial charge in [-0.05, 0) is 44.8 Å². The van der Waals surface area contributed by atoms with Crippen molar-refractivity contribution in [3.63, 3.8) is 0 Å². The number of likely N-dealkylation sites (tertiary alicyclic amines) is 1. The average Bonchev–Trinajstić information content (AvgIpc) is 2.57. The predicted octanol–water partition coefficient (Wildman–Crippen LogP) is 3.05. The molecule has 3 rings (SSSR count). The molecule has 1 fully saturated rings. The van der Waals surface area contributed by atoms with E-state index in [4.69, 9.17) is 4.74 Å². The highest BCUT2D eigenvalue weighted by molar-refractivity contribution is 5.96. The minimum atomic E-state index is -0.0120. The van der Waals surface area contributed by atoms with E-state index >= 15 is 0 Å². The average molecular weight is 318 g/mol. The van der Waals surface area contributed by atoms with Gasteiger partial charge in [-0.2, -0.15) is 0 Å². The highest BCUT2D eigenvalue weighted by atomic mass is 16.5. The molecule has 0 aliphatic carbocycles. The zero-order valence-electron chi connectivity index (χ0n) is 13.9. The molecular formula is C18H26N2O3. The van der Waals surface area contributed by atoms with Gasteiger partial charge >= 0.3 is 0 Å². The van der Waals surface area contributed by atoms with Crippen LogP contribution < -0.4 is 10.1 Å². The number of hydrogen-bond donors (Lipinski definition) is 2. The Hall–Kier alpha value is -1.75. The van der Waals surface area contributed by atoms with Crippen molar-refractivity contribution in [2.24, 2.45) is 0 Å². The molecule has 2 aliphatic rings. The lowest BCUT2D eigenvalue weighted by molar-refractivity contribution is -0.116. The molecule has 0 radical (unpaired) electrons. The quantitative estimate of drug-likeness (QED) is 0.876. The summed E-state index contributed by atoms with van der Waals surface area (Å²) in [6.07, 6.45) is 5.64. The lowest BCUT2D eigenvalue weighted by atomic mass is 9.97. The predicted molar refractivity (Wildman–Crippen MR) is 90.0 cm³/mol. The largest absolute Gasteiger partial charge is 0.507 e. The topological polar surface area (TPSA) is 61.8 Å². The number of carbonyl (C=O) groups is 1. The van der Waals surface area contributed by atoms with Crippen LogP contribution in [-0.4, -0.2) is 35.6 Å². The molecule has 5 heteroatoms. The van der Waals surface area contributed by atoms with E-state index in [0.29, 0.717) is 36.6 Å². The molecule has 0 spiro atoms. The first-order valence-electron chi connectivity index (χ1n) is 8.71. The van der Waals surface area contributed by atoms with Crippen LogP contribution in [-0.2, 0) is 17.8 Å². The minimum Gasteiger partial charge on any atom is -0.507 e. The van der Waals surface area contributed by atoms with Gasteiger partial charge in [0.25, 0.3) is 0 Å². The van der Waals surface area contributed by atoms with Crippen molar-refractivity contribution in [2.45, 2.75) is 52.0 Å². The number of ether oxygens (including phenoxy) is 1. The zero-order valence-corrected chi connectivity index (χ0v) is 13.9. The Bertz CT molecular complexity index is 580. The first-order chi connectivity index (χ1) is 11.2. The van der Waals surface area contributed by atoms with Crippen molar-refractivity contribution < 1.29 is 14.6 Å². The maximum Gasteiger partial charge on any atom is 0.224 e. The lowest BCUT2D eigenvalue weighted by Gasteiger charge is -2.28. The van der Waals surface area contributed by atoms with E-state index in [9.17, 15) is 9.90 Å². The Kier molecular flexibility index (Phi) is 5.06. The molecule has 126 valence electrons. The van der Waals surface area contributed by atoms with Crippen LogP contribution in [0.15, 0.2) is 6.07 Å². The maximum atomic E-state index is 11.7. The second-order valence-corrected chi connectivity index (χ2v) is 6.47. The van der Waals surface area contributed by atoms with Crippen LogP contribution in [0.5, 0.6) is 11.5 Å². The van der Waals surface area contributed by atoms with Crippen LogP contribution >= 0.6 is 0 Å². The standard InChI is InChI=1S/C18H26N2O3/c1-2-10-23-15-11-13(12-20-8-4-3-5-9-20)18(22)14-6-7-16(21)19-17(14)15/h11,22H,2-10,12H2,1H3,(H,19,21). The van der Waals surface area contributed by atoms with Gasteiger partial charge in [-0.15, -0.1) is 0 Å². The number of nitrogens with zero attached hydrogens (tertiary/aromatic N) is 1. The molecule has 0 saturated carbocycles. The van der Waals surface area contributed by atoms with Gasteiger partial charge in [-0.3, -0.25) is 9.69 Å². The normalized spacial score (nSPS) is 18.4. The summed E-state index contributed by atoms with van der Waals surface area (Å²) in [5.74, 6) is 1.01. The van der Waals surface area contributed by atoms with Gasteiger partial charge in [0.2, 0.25) is 5.91 Å². The fraction of sp³-hybridized carbons (Fsp3) is 0.611. The monoisotopic (exact) mass is 318 g/mol. The van der Waals surface area contributed by atoms with Crippen molar-refractivity contribution in [3.8, 4) is 11.5 Å². The Labute approximate surface area is 137 Å². The molecule has 2 N–H and O–H groups in total. The number of piperidine rings is 1. The third-order valence-corrected chi connectivity index (χ3v) is 4.61. The molecule has 5 nitrogen and oxygen atoms in total. The van der Waals surface area contributed by atoms with Gasteiger partial charge in [-0.25, -0.2) is 0 Å². The Morgan fingerprint density at radius 1 is 1.26 bits per heavy atom. The van der Waals surface area contributed by atoms with Crippen LogP contribution in [0.25, 0.3) is 0 Å². The zero-order chi connectivity index (χ0) is 16.2. The molecule has 0 bridgehead atoms. The van der Waals surface area contributed by atoms with Crippen LogP contribution in [0.2, 0.25) is 0 Å². The van der Waals surface area contributed by atoms with Gasteiger partial charge in [0.05, 0.1) is 12.3 Å². The number of phenolic OH excluding ortho intramolecular Hbond substituents is 1. The summed E-state index contributed by atoms with van der Waals surface area (Å²) < 4.78 is 5.84. The van der Waals surface area contributed by atoms with Gasteiger partial charge in [0, 0.05) is 24.1 Å². The van der Waals surface area contributed by atoms with E-state index in [1.807, 2.05) is 6.07 Å². The summed E-state index contributed by atoms with van der Waals surface area (Å²) in [4.78, 5) is 14.1. The first kappa shape index (κ1) is 16.1. The van der Waals surface area contributed by atoms with E-state index in [2.05, 4.69) is 17.1 Å². The van der Waals surface area contributed by atoms with Crippen molar-refractivity contribution in [1.82, 2.24) is 4.90 Å². The third kappa shape index (κ3) is 3.61. The Balaban J connectivity index is 1.90. The molecule has 0 aromatic heterocycles. The summed E-state index contributed by atoms with van der Waals surface area (Å²) >= 11 is 0. The fourth-order valence-corrected chi connectivity index (χ4v) is 3.39. The number of amides is 1. The summed E-state index contributed by atoms with van der Waals surface area (Å²) in [5, 5.41) is 13.5. The van der Waals surface area contributed by atoms with Crippen molar-refractivity contribution in [1.29, 1.82) is 0 Å². The third-order valence-electron chi connectivity index (χ3n) is 4.61. The van der Waals surface area contributed by atoms with Gasteiger partial charge in [0.15, 0.2) is 0 Å². The van der Waals surface area contributed by atoms with Crippen molar-refractivity contribution in [3.05, 3.63) is 17.2 Å². The van der Waals surface area contributed by atoms with Gasteiger partial charge in [0.1, 0.15) is 11.5 Å². The molecule has 23 heavy (non-hydrogen) atoms. The molecule has 0 unspecified atom stereocenters. The smallest absolute Gasteiger partial charge is 0.224 e. The number of fused-ring (bicyclic) bond motifs is 1. The van der Waals surface area contributed by atoms with E-state index < -0.39 is 0 Å². The number of nitrogens with one attached hydrogen (secondary N) is 1. The molecule has 1 aromatic carbocycles. The number of rotatable bonds is 5. The molecule has 0 atom stereocenters. The molecule has 2 heterocycles. The highest BCUT2D eigenvalue weighted by Crippen LogP contribution is 2.41. The van der Waals surface area contributed by atoms with E-state index in [0.717, 1.165) is 37.2 Å². The van der Waals surface area contributed by atoms with E-state index in [-0.39, 0.29) is 5.91 Å². The molecule has 2 aliphatic heterocycles. The molecule has 1 saturated heterocycles. The summed E-state index contributed by atoms with van der Waals surface area (Å²) in [5.41, 5.74) is 2.40. The minimum absolute atomic E-state index is 0.0120. The SMILES string of the molecule is CCCOc1cc(CN2CCCCC2)c(O)c2c1NC(=O)CC2. The second kappa shape index (κ2) is 7.21. The summed E-state index contributed by atoms with van der Waals surface area (Å²) in [7, 11) is 0. The number of anilines is 1. The van der Waals surface area contributed by atoms with Gasteiger partial charge in [-0.1, -0.05) is 13.3 Å². The summed E-state index contributed by atoms with van der Waals surface area (Å²) in [6.45, 7) is 5.57. The van der Waals surface area contributed by atoms with Crippen LogP contribution in [0.1, 0.15) is 50.2 Å². The molecule has 1 aromatic rings. The van der Waals surface area contributed by atoms with Crippen LogP contribution in [0.4, 0.5) is 5.69 Å².